The van der Waals surface area contributed by atoms with Crippen LogP contribution in [-0.4, -0.2) is 42.0 Å². The van der Waals surface area contributed by atoms with Gasteiger partial charge in [-0.05, 0) is 104 Å². The molecule has 6 nitrogen and oxygen atoms in total. The summed E-state index contributed by atoms with van der Waals surface area (Å²) in [5.41, 5.74) is 0.300. The van der Waals surface area contributed by atoms with Crippen molar-refractivity contribution in [2.75, 3.05) is 6.61 Å². The van der Waals surface area contributed by atoms with Gasteiger partial charge in [-0.25, -0.2) is 4.18 Å². The minimum atomic E-state index is -4.39. The fourth-order valence-electron chi connectivity index (χ4n) is 8.56. The van der Waals surface area contributed by atoms with Crippen molar-refractivity contribution in [3.05, 3.63) is 0 Å². The number of hydrogen-bond acceptors (Lipinski definition) is 5. The van der Waals surface area contributed by atoms with E-state index in [0.29, 0.717) is 41.9 Å². The highest BCUT2D eigenvalue weighted by Gasteiger charge is 2.61. The first kappa shape index (κ1) is 27.4. The van der Waals surface area contributed by atoms with Crippen LogP contribution in [0.1, 0.15) is 98.8 Å². The van der Waals surface area contributed by atoms with Gasteiger partial charge >= 0.3 is 10.4 Å². The van der Waals surface area contributed by atoms with Crippen molar-refractivity contribution in [3.8, 4) is 0 Å². The van der Waals surface area contributed by atoms with E-state index in [0.717, 1.165) is 57.8 Å². The van der Waals surface area contributed by atoms with Crippen LogP contribution in [0.3, 0.4) is 0 Å². The van der Waals surface area contributed by atoms with Gasteiger partial charge in [0.2, 0.25) is 0 Å². The summed E-state index contributed by atoms with van der Waals surface area (Å²) >= 11 is 0. The molecule has 0 aromatic heterocycles. The van der Waals surface area contributed by atoms with Crippen molar-refractivity contribution in [2.45, 2.75) is 111 Å². The Morgan fingerprint density at radius 3 is 2.39 bits per heavy atom. The van der Waals surface area contributed by atoms with E-state index in [1.807, 2.05) is 6.92 Å². The standard InChI is InChI=1S/C26H48O6S/c1-6-18-16-25(4,13-10-19(27)7-2)21-11-14-26(5)20(8-9-22(26)23(21)24(18)28)17(3)12-15-32-33(29,30)31/h17-24,27-28H,6-16H2,1-5H3,(H,29,30,31)/t17?,18-,19+,20?,21?,22?,23?,24-,25+,26-/m1/s1. The molecule has 3 aliphatic carbocycles. The van der Waals surface area contributed by atoms with Crippen LogP contribution in [0.25, 0.3) is 0 Å². The zero-order valence-electron chi connectivity index (χ0n) is 21.4. The number of aliphatic hydroxyl groups excluding tert-OH is 2. The lowest BCUT2D eigenvalue weighted by Crippen LogP contribution is -2.57. The number of aliphatic hydroxyl groups is 2. The molecule has 0 amide bonds. The molecule has 5 unspecified atom stereocenters. The van der Waals surface area contributed by atoms with Gasteiger partial charge in [-0.2, -0.15) is 8.42 Å². The van der Waals surface area contributed by atoms with Crippen LogP contribution in [0, 0.1) is 46.3 Å². The van der Waals surface area contributed by atoms with Crippen LogP contribution in [0.2, 0.25) is 0 Å². The van der Waals surface area contributed by atoms with E-state index in [4.69, 9.17) is 4.55 Å². The van der Waals surface area contributed by atoms with Crippen molar-refractivity contribution < 1.29 is 27.4 Å². The normalized spacial score (nSPS) is 43.0. The smallest absolute Gasteiger partial charge is 0.393 e. The number of fused-ring (bicyclic) bond motifs is 3. The van der Waals surface area contributed by atoms with Crippen LogP contribution in [0.4, 0.5) is 0 Å². The topological polar surface area (TPSA) is 104 Å². The molecule has 0 aliphatic heterocycles. The Morgan fingerprint density at radius 2 is 1.79 bits per heavy atom. The summed E-state index contributed by atoms with van der Waals surface area (Å²) in [5, 5.41) is 21.8. The lowest BCUT2D eigenvalue weighted by atomic mass is 9.45. The van der Waals surface area contributed by atoms with E-state index in [9.17, 15) is 18.6 Å². The Labute approximate surface area is 201 Å². The molecule has 0 radical (unpaired) electrons. The fourth-order valence-corrected chi connectivity index (χ4v) is 8.87. The quantitative estimate of drug-likeness (QED) is 0.363. The summed E-state index contributed by atoms with van der Waals surface area (Å²) in [5.74, 6) is 2.36. The molecule has 0 spiro atoms. The van der Waals surface area contributed by atoms with Gasteiger partial charge in [0.25, 0.3) is 0 Å². The summed E-state index contributed by atoms with van der Waals surface area (Å²) in [6.07, 6.45) is 9.31. The highest BCUT2D eigenvalue weighted by atomic mass is 32.3. The van der Waals surface area contributed by atoms with E-state index in [1.54, 1.807) is 0 Å². The second-order valence-corrected chi connectivity index (χ2v) is 13.2. The van der Waals surface area contributed by atoms with Crippen LogP contribution in [-0.2, 0) is 14.6 Å². The minimum Gasteiger partial charge on any atom is -0.393 e. The van der Waals surface area contributed by atoms with Crippen LogP contribution in [0.5, 0.6) is 0 Å². The van der Waals surface area contributed by atoms with Crippen LogP contribution in [0.15, 0.2) is 0 Å². The summed E-state index contributed by atoms with van der Waals surface area (Å²) < 4.78 is 35.4. The molecule has 0 aromatic carbocycles. The van der Waals surface area contributed by atoms with E-state index >= 15 is 0 Å². The average Bonchev–Trinajstić information content (AvgIpc) is 3.10. The molecule has 3 N–H and O–H groups in total. The Balaban J connectivity index is 1.79. The molecule has 194 valence electrons. The molecule has 3 saturated carbocycles. The second kappa shape index (κ2) is 10.4. The van der Waals surface area contributed by atoms with Crippen molar-refractivity contribution in [1.29, 1.82) is 0 Å². The highest BCUT2D eigenvalue weighted by Crippen LogP contribution is 2.67. The summed E-state index contributed by atoms with van der Waals surface area (Å²) in [6, 6.07) is 0. The largest absolute Gasteiger partial charge is 0.397 e. The van der Waals surface area contributed by atoms with Crippen molar-refractivity contribution in [3.63, 3.8) is 0 Å². The Hall–Kier alpha value is -0.210. The molecular weight excluding hydrogens is 440 g/mol. The molecule has 33 heavy (non-hydrogen) atoms. The van der Waals surface area contributed by atoms with E-state index in [-0.39, 0.29) is 29.6 Å². The van der Waals surface area contributed by atoms with Crippen LogP contribution >= 0.6 is 0 Å². The molecule has 7 heteroatoms. The Kier molecular flexibility index (Phi) is 8.64. The maximum atomic E-state index is 11.6. The third-order valence-electron chi connectivity index (χ3n) is 10.4. The van der Waals surface area contributed by atoms with Gasteiger partial charge in [0.05, 0.1) is 18.8 Å². The number of hydrogen-bond donors (Lipinski definition) is 3. The van der Waals surface area contributed by atoms with E-state index in [2.05, 4.69) is 31.9 Å². The maximum Gasteiger partial charge on any atom is 0.397 e. The average molecular weight is 489 g/mol. The van der Waals surface area contributed by atoms with Gasteiger partial charge in [-0.15, -0.1) is 0 Å². The maximum absolute atomic E-state index is 11.6. The van der Waals surface area contributed by atoms with Gasteiger partial charge in [0.15, 0.2) is 0 Å². The van der Waals surface area contributed by atoms with Crippen molar-refractivity contribution in [2.24, 2.45) is 46.3 Å². The first-order valence-corrected chi connectivity index (χ1v) is 14.7. The van der Waals surface area contributed by atoms with Crippen molar-refractivity contribution >= 4 is 10.4 Å². The SMILES string of the molecule is CC[C@H](O)CC[C@@]1(C)C[C@@H](CC)[C@@H](O)C2C1CC[C@]1(C)C(C(C)CCOS(=O)(=O)O)CCC21. The summed E-state index contributed by atoms with van der Waals surface area (Å²) in [6.45, 7) is 11.3. The molecular formula is C26H48O6S. The zero-order chi connectivity index (χ0) is 24.6. The lowest BCUT2D eigenvalue weighted by Gasteiger charge is -2.60. The van der Waals surface area contributed by atoms with Crippen molar-refractivity contribution in [1.82, 2.24) is 0 Å². The van der Waals surface area contributed by atoms with E-state index < -0.39 is 10.4 Å². The molecule has 0 heterocycles. The Morgan fingerprint density at radius 1 is 1.09 bits per heavy atom. The van der Waals surface area contributed by atoms with Gasteiger partial charge in [-0.1, -0.05) is 41.0 Å². The lowest BCUT2D eigenvalue weighted by molar-refractivity contribution is -0.158. The first-order chi connectivity index (χ1) is 15.4. The fraction of sp³-hybridized carbons (Fsp3) is 1.00. The number of rotatable bonds is 10. The molecule has 0 saturated heterocycles. The second-order valence-electron chi connectivity index (χ2n) is 12.2. The molecule has 3 rings (SSSR count). The predicted octanol–water partition coefficient (Wildman–Crippen LogP) is 5.24. The predicted molar refractivity (Wildman–Crippen MR) is 130 cm³/mol. The zero-order valence-corrected chi connectivity index (χ0v) is 22.2. The summed E-state index contributed by atoms with van der Waals surface area (Å²) in [4.78, 5) is 0. The van der Waals surface area contributed by atoms with Crippen LogP contribution < -0.4 is 0 Å². The van der Waals surface area contributed by atoms with Gasteiger partial charge in [0.1, 0.15) is 0 Å². The third-order valence-corrected chi connectivity index (χ3v) is 10.9. The molecule has 0 aromatic rings. The molecule has 0 bridgehead atoms. The molecule has 10 atom stereocenters. The third kappa shape index (κ3) is 5.63. The molecule has 3 aliphatic rings. The van der Waals surface area contributed by atoms with Gasteiger partial charge < -0.3 is 10.2 Å². The first-order valence-electron chi connectivity index (χ1n) is 13.3. The summed E-state index contributed by atoms with van der Waals surface area (Å²) in [7, 11) is -4.39. The van der Waals surface area contributed by atoms with E-state index in [1.165, 1.54) is 0 Å². The van der Waals surface area contributed by atoms with Gasteiger partial charge in [0, 0.05) is 0 Å². The highest BCUT2D eigenvalue weighted by molar-refractivity contribution is 7.80. The monoisotopic (exact) mass is 488 g/mol. The molecule has 3 fully saturated rings. The minimum absolute atomic E-state index is 0.0155. The van der Waals surface area contributed by atoms with Gasteiger partial charge in [-0.3, -0.25) is 4.55 Å². The Bertz CT molecular complexity index is 756.